The van der Waals surface area contributed by atoms with Crippen LogP contribution in [0.1, 0.15) is 24.0 Å². The van der Waals surface area contributed by atoms with E-state index in [4.69, 9.17) is 9.47 Å². The molecule has 24 heavy (non-hydrogen) atoms. The Morgan fingerprint density at radius 1 is 1.04 bits per heavy atom. The smallest absolute Gasteiger partial charge is 0.123 e. The largest absolute Gasteiger partial charge is 0.493 e. The van der Waals surface area contributed by atoms with Gasteiger partial charge in [-0.1, -0.05) is 0 Å². The number of fused-ring (bicyclic) bond motifs is 1. The molecule has 2 heterocycles. The second-order valence-corrected chi connectivity index (χ2v) is 5.99. The van der Waals surface area contributed by atoms with Crippen LogP contribution in [0, 0.1) is 5.82 Å². The van der Waals surface area contributed by atoms with Crippen LogP contribution in [0.2, 0.25) is 0 Å². The molecule has 0 saturated carbocycles. The molecule has 0 saturated heterocycles. The van der Waals surface area contributed by atoms with E-state index in [1.54, 1.807) is 24.5 Å². The minimum atomic E-state index is -0.232. The fraction of sp³-hybridized carbons (Fsp3) is 0.421. The molecule has 0 atom stereocenters. The third-order valence-corrected chi connectivity index (χ3v) is 4.06. The second kappa shape index (κ2) is 8.76. The maximum atomic E-state index is 13.7. The maximum Gasteiger partial charge on any atom is 0.123 e. The fourth-order valence-electron chi connectivity index (χ4n) is 2.80. The Balaban J connectivity index is 1.79. The van der Waals surface area contributed by atoms with Gasteiger partial charge < -0.3 is 9.47 Å². The number of ether oxygens (including phenoxy) is 2. The summed E-state index contributed by atoms with van der Waals surface area (Å²) >= 11 is 0. The summed E-state index contributed by atoms with van der Waals surface area (Å²) in [6.07, 6.45) is 5.50. The van der Waals surface area contributed by atoms with Gasteiger partial charge in [0.05, 0.1) is 13.2 Å². The zero-order chi connectivity index (χ0) is 16.6. The van der Waals surface area contributed by atoms with E-state index in [2.05, 4.69) is 9.88 Å². The highest BCUT2D eigenvalue weighted by Crippen LogP contribution is 2.23. The molecule has 0 fully saturated rings. The molecule has 4 nitrogen and oxygen atoms in total. The molecule has 0 amide bonds. The van der Waals surface area contributed by atoms with Crippen molar-refractivity contribution in [1.82, 2.24) is 9.88 Å². The summed E-state index contributed by atoms with van der Waals surface area (Å²) in [6, 6.07) is 8.76. The van der Waals surface area contributed by atoms with Gasteiger partial charge in [0.2, 0.25) is 0 Å². The predicted octanol–water partition coefficient (Wildman–Crippen LogP) is 3.41. The zero-order valence-corrected chi connectivity index (χ0v) is 13.8. The minimum absolute atomic E-state index is 0.232. The van der Waals surface area contributed by atoms with Crippen molar-refractivity contribution in [1.29, 1.82) is 0 Å². The molecule has 1 aliphatic heterocycles. The van der Waals surface area contributed by atoms with Crippen molar-refractivity contribution >= 4 is 0 Å². The summed E-state index contributed by atoms with van der Waals surface area (Å²) in [4.78, 5) is 6.31. The Hall–Kier alpha value is -1.98. The number of pyridine rings is 1. The molecule has 0 radical (unpaired) electrons. The standard InChI is InChI=1S/C19H23FN2O2/c20-18-3-4-19-17(13-18)15-22(14-16-5-7-21-8-6-16)9-12-23-10-1-2-11-24-19/h3-8,13H,1-2,9-12,14-15H2. The molecular weight excluding hydrogens is 307 g/mol. The van der Waals surface area contributed by atoms with Crippen molar-refractivity contribution < 1.29 is 13.9 Å². The highest BCUT2D eigenvalue weighted by atomic mass is 19.1. The first kappa shape index (κ1) is 16.9. The van der Waals surface area contributed by atoms with Gasteiger partial charge in [0, 0.05) is 44.2 Å². The second-order valence-electron chi connectivity index (χ2n) is 5.99. The Bertz CT molecular complexity index is 637. The molecule has 1 aromatic heterocycles. The topological polar surface area (TPSA) is 34.6 Å². The van der Waals surface area contributed by atoms with Gasteiger partial charge in [-0.05, 0) is 48.7 Å². The number of benzene rings is 1. The van der Waals surface area contributed by atoms with Gasteiger partial charge in [0.1, 0.15) is 11.6 Å². The van der Waals surface area contributed by atoms with Crippen LogP contribution in [0.3, 0.4) is 0 Å². The lowest BCUT2D eigenvalue weighted by Crippen LogP contribution is -2.27. The maximum absolute atomic E-state index is 13.7. The molecule has 0 aliphatic carbocycles. The predicted molar refractivity (Wildman–Crippen MR) is 90.3 cm³/mol. The molecular formula is C19H23FN2O2. The zero-order valence-electron chi connectivity index (χ0n) is 13.8. The van der Waals surface area contributed by atoms with E-state index >= 15 is 0 Å². The normalized spacial score (nSPS) is 17.2. The van der Waals surface area contributed by atoms with Gasteiger partial charge in [-0.25, -0.2) is 4.39 Å². The molecule has 128 valence electrons. The van der Waals surface area contributed by atoms with Crippen molar-refractivity contribution in [3.63, 3.8) is 0 Å². The number of aromatic nitrogens is 1. The van der Waals surface area contributed by atoms with Gasteiger partial charge in [-0.15, -0.1) is 0 Å². The number of halogens is 1. The molecule has 0 bridgehead atoms. The van der Waals surface area contributed by atoms with Crippen LogP contribution in [0.15, 0.2) is 42.7 Å². The van der Waals surface area contributed by atoms with E-state index in [1.165, 1.54) is 11.6 Å². The highest BCUT2D eigenvalue weighted by molar-refractivity contribution is 5.34. The van der Waals surface area contributed by atoms with Gasteiger partial charge in [-0.2, -0.15) is 0 Å². The molecule has 0 N–H and O–H groups in total. The summed E-state index contributed by atoms with van der Waals surface area (Å²) in [5.74, 6) is 0.544. The van der Waals surface area contributed by atoms with Crippen molar-refractivity contribution in [2.75, 3.05) is 26.4 Å². The SMILES string of the molecule is Fc1ccc2c(c1)CN(Cc1ccncc1)CCOCCCCO2. The van der Waals surface area contributed by atoms with E-state index in [-0.39, 0.29) is 5.82 Å². The van der Waals surface area contributed by atoms with Crippen LogP contribution < -0.4 is 4.74 Å². The van der Waals surface area contributed by atoms with Crippen LogP contribution in [-0.4, -0.2) is 36.2 Å². The summed E-state index contributed by atoms with van der Waals surface area (Å²) in [7, 11) is 0. The average Bonchev–Trinajstić information content (AvgIpc) is 2.58. The molecule has 1 aliphatic rings. The molecule has 1 aromatic carbocycles. The Morgan fingerprint density at radius 2 is 1.88 bits per heavy atom. The van der Waals surface area contributed by atoms with Crippen molar-refractivity contribution in [3.8, 4) is 5.75 Å². The summed E-state index contributed by atoms with van der Waals surface area (Å²) in [5.41, 5.74) is 2.06. The van der Waals surface area contributed by atoms with Gasteiger partial charge in [-0.3, -0.25) is 9.88 Å². The van der Waals surface area contributed by atoms with Crippen molar-refractivity contribution in [2.45, 2.75) is 25.9 Å². The van der Waals surface area contributed by atoms with Crippen molar-refractivity contribution in [3.05, 3.63) is 59.7 Å². The first-order valence-electron chi connectivity index (χ1n) is 8.41. The van der Waals surface area contributed by atoms with Crippen LogP contribution in [-0.2, 0) is 17.8 Å². The van der Waals surface area contributed by atoms with E-state index < -0.39 is 0 Å². The van der Waals surface area contributed by atoms with Gasteiger partial charge >= 0.3 is 0 Å². The lowest BCUT2D eigenvalue weighted by atomic mass is 10.1. The third-order valence-electron chi connectivity index (χ3n) is 4.06. The molecule has 0 spiro atoms. The van der Waals surface area contributed by atoms with Crippen LogP contribution >= 0.6 is 0 Å². The summed E-state index contributed by atoms with van der Waals surface area (Å²) in [6.45, 7) is 4.24. The number of hydrogen-bond acceptors (Lipinski definition) is 4. The van der Waals surface area contributed by atoms with Crippen LogP contribution in [0.5, 0.6) is 5.75 Å². The van der Waals surface area contributed by atoms with Crippen LogP contribution in [0.25, 0.3) is 0 Å². The van der Waals surface area contributed by atoms with Crippen molar-refractivity contribution in [2.24, 2.45) is 0 Å². The number of hydrogen-bond donors (Lipinski definition) is 0. The number of nitrogens with zero attached hydrogens (tertiary/aromatic N) is 2. The quantitative estimate of drug-likeness (QED) is 0.845. The van der Waals surface area contributed by atoms with E-state index in [0.29, 0.717) is 19.8 Å². The highest BCUT2D eigenvalue weighted by Gasteiger charge is 2.13. The Morgan fingerprint density at radius 3 is 2.75 bits per heavy atom. The van der Waals surface area contributed by atoms with Gasteiger partial charge in [0.15, 0.2) is 0 Å². The lowest BCUT2D eigenvalue weighted by molar-refractivity contribution is 0.0909. The lowest BCUT2D eigenvalue weighted by Gasteiger charge is -2.24. The number of rotatable bonds is 2. The summed E-state index contributed by atoms with van der Waals surface area (Å²) < 4.78 is 25.3. The van der Waals surface area contributed by atoms with E-state index in [9.17, 15) is 4.39 Å². The molecule has 5 heteroatoms. The molecule has 0 unspecified atom stereocenters. The first-order chi connectivity index (χ1) is 11.8. The van der Waals surface area contributed by atoms with Gasteiger partial charge in [0.25, 0.3) is 0 Å². The third kappa shape index (κ3) is 5.01. The average molecular weight is 330 g/mol. The Kier molecular flexibility index (Phi) is 6.15. The first-order valence-corrected chi connectivity index (χ1v) is 8.41. The molecule has 3 rings (SSSR count). The van der Waals surface area contributed by atoms with E-state index in [0.717, 1.165) is 43.9 Å². The minimum Gasteiger partial charge on any atom is -0.493 e. The van der Waals surface area contributed by atoms with Crippen LogP contribution in [0.4, 0.5) is 4.39 Å². The summed E-state index contributed by atoms with van der Waals surface area (Å²) in [5, 5.41) is 0. The monoisotopic (exact) mass is 330 g/mol. The Labute approximate surface area is 142 Å². The van der Waals surface area contributed by atoms with E-state index in [1.807, 2.05) is 12.1 Å². The molecule has 2 aromatic rings. The fourth-order valence-corrected chi connectivity index (χ4v) is 2.80.